The van der Waals surface area contributed by atoms with E-state index >= 15 is 0 Å². The normalized spacial score (nSPS) is 28.3. The van der Waals surface area contributed by atoms with Gasteiger partial charge >= 0.3 is 0 Å². The summed E-state index contributed by atoms with van der Waals surface area (Å²) >= 11 is 1.76. The summed E-state index contributed by atoms with van der Waals surface area (Å²) in [6.07, 6.45) is -0.281. The van der Waals surface area contributed by atoms with Gasteiger partial charge in [0.25, 0.3) is 5.91 Å². The summed E-state index contributed by atoms with van der Waals surface area (Å²) in [6, 6.07) is 0. The Labute approximate surface area is 113 Å². The fraction of sp³-hybridized carbons (Fsp3) is 0.769. The number of allylic oxidation sites excluding steroid dienone is 1. The Morgan fingerprint density at radius 1 is 1.39 bits per heavy atom. The van der Waals surface area contributed by atoms with E-state index in [-0.39, 0.29) is 22.8 Å². The summed E-state index contributed by atoms with van der Waals surface area (Å²) in [5.74, 6) is 0.989. The van der Waals surface area contributed by atoms with Gasteiger partial charge in [-0.3, -0.25) is 9.69 Å². The van der Waals surface area contributed by atoms with E-state index in [4.69, 9.17) is 9.47 Å². The minimum atomic E-state index is -0.281. The van der Waals surface area contributed by atoms with Crippen LogP contribution in [0.2, 0.25) is 0 Å². The van der Waals surface area contributed by atoms with Crippen LogP contribution in [0.4, 0.5) is 0 Å². The van der Waals surface area contributed by atoms with E-state index in [9.17, 15) is 4.79 Å². The number of carbonyl (C=O) groups is 1. The Bertz CT molecular complexity index is 386. The lowest BCUT2D eigenvalue weighted by Gasteiger charge is -2.52. The molecule has 102 valence electrons. The highest BCUT2D eigenvalue weighted by atomic mass is 32.2. The van der Waals surface area contributed by atoms with Crippen LogP contribution in [0.3, 0.4) is 0 Å². The summed E-state index contributed by atoms with van der Waals surface area (Å²) < 4.78 is 10.5. The van der Waals surface area contributed by atoms with Crippen LogP contribution in [0.25, 0.3) is 0 Å². The third-order valence-electron chi connectivity index (χ3n) is 3.28. The van der Waals surface area contributed by atoms with Crippen LogP contribution in [0.5, 0.6) is 0 Å². The molecule has 18 heavy (non-hydrogen) atoms. The summed E-state index contributed by atoms with van der Waals surface area (Å²) in [7, 11) is 3.30. The van der Waals surface area contributed by atoms with Crippen LogP contribution in [0, 0.1) is 5.41 Å². The molecule has 2 aliphatic heterocycles. The second-order valence-corrected chi connectivity index (χ2v) is 6.81. The smallest absolute Gasteiger partial charge is 0.260 e. The van der Waals surface area contributed by atoms with E-state index in [1.165, 1.54) is 5.57 Å². The highest BCUT2D eigenvalue weighted by molar-refractivity contribution is 8.00. The molecule has 2 aliphatic rings. The molecule has 0 aromatic heterocycles. The van der Waals surface area contributed by atoms with Gasteiger partial charge in [0.05, 0.1) is 6.61 Å². The minimum Gasteiger partial charge on any atom is -0.380 e. The zero-order valence-corrected chi connectivity index (χ0v) is 12.5. The molecule has 0 aliphatic carbocycles. The molecular formula is C13H21NO3S. The van der Waals surface area contributed by atoms with Crippen LogP contribution < -0.4 is 0 Å². The summed E-state index contributed by atoms with van der Waals surface area (Å²) in [5, 5.41) is 0.136. The molecule has 0 N–H and O–H groups in total. The van der Waals surface area contributed by atoms with Gasteiger partial charge in [0.1, 0.15) is 5.37 Å². The third-order valence-corrected chi connectivity index (χ3v) is 4.60. The molecule has 0 saturated carbocycles. The summed E-state index contributed by atoms with van der Waals surface area (Å²) in [4.78, 5) is 14.0. The van der Waals surface area contributed by atoms with Gasteiger partial charge in [-0.1, -0.05) is 20.8 Å². The lowest BCUT2D eigenvalue weighted by atomic mass is 9.85. The van der Waals surface area contributed by atoms with Crippen molar-refractivity contribution in [2.24, 2.45) is 5.41 Å². The molecule has 0 spiro atoms. The second kappa shape index (κ2) is 4.87. The number of fused-ring (bicyclic) bond motifs is 1. The molecule has 5 heteroatoms. The molecule has 1 amide bonds. The van der Waals surface area contributed by atoms with Crippen molar-refractivity contribution in [2.45, 2.75) is 32.2 Å². The number of amides is 1. The van der Waals surface area contributed by atoms with Crippen LogP contribution >= 0.6 is 11.8 Å². The first-order valence-corrected chi connectivity index (χ1v) is 7.15. The van der Waals surface area contributed by atoms with E-state index in [2.05, 4.69) is 20.8 Å². The summed E-state index contributed by atoms with van der Waals surface area (Å²) in [6.45, 7) is 7.00. The molecule has 0 aromatic carbocycles. The van der Waals surface area contributed by atoms with Crippen molar-refractivity contribution in [3.05, 3.63) is 11.3 Å². The van der Waals surface area contributed by atoms with Crippen molar-refractivity contribution in [2.75, 3.05) is 26.6 Å². The number of methoxy groups -OCH3 is 2. The number of nitrogens with zero attached hydrogens (tertiary/aromatic N) is 1. The molecule has 1 saturated heterocycles. The first-order valence-electron chi connectivity index (χ1n) is 6.10. The van der Waals surface area contributed by atoms with Crippen LogP contribution in [0.1, 0.15) is 20.8 Å². The predicted molar refractivity (Wildman–Crippen MR) is 72.2 cm³/mol. The topological polar surface area (TPSA) is 38.8 Å². The lowest BCUT2D eigenvalue weighted by molar-refractivity contribution is -0.160. The second-order valence-electron chi connectivity index (χ2n) is 5.70. The largest absolute Gasteiger partial charge is 0.380 e. The SMILES string of the molecule is COCC1=C(C(C)(C)C)N2C(=O)[C@H](OC)C2SC1. The van der Waals surface area contributed by atoms with Gasteiger partial charge in [0.2, 0.25) is 0 Å². The first kappa shape index (κ1) is 13.9. The van der Waals surface area contributed by atoms with Crippen molar-refractivity contribution in [1.82, 2.24) is 4.90 Å². The Balaban J connectivity index is 2.35. The standard InChI is InChI=1S/C13H21NO3S/c1-13(2,3)10-8(6-16-4)7-18-12-9(17-5)11(15)14(10)12/h9,12H,6-7H2,1-5H3/t9-,12?/m0/s1. The average molecular weight is 271 g/mol. The predicted octanol–water partition coefficient (Wildman–Crippen LogP) is 1.86. The van der Waals surface area contributed by atoms with Crippen molar-refractivity contribution >= 4 is 17.7 Å². The van der Waals surface area contributed by atoms with Gasteiger partial charge in [-0.2, -0.15) is 0 Å². The molecule has 2 rings (SSSR count). The van der Waals surface area contributed by atoms with E-state index in [0.717, 1.165) is 11.4 Å². The molecule has 1 fully saturated rings. The molecule has 2 atom stereocenters. The zero-order chi connectivity index (χ0) is 13.5. The Hall–Kier alpha value is -0.520. The number of hydrogen-bond acceptors (Lipinski definition) is 4. The Morgan fingerprint density at radius 2 is 2.06 bits per heavy atom. The summed E-state index contributed by atoms with van der Waals surface area (Å²) in [5.41, 5.74) is 2.28. The minimum absolute atomic E-state index is 0.0541. The third kappa shape index (κ3) is 2.08. The number of β-lactam (4-membered cyclic amide) rings is 1. The molecule has 1 unspecified atom stereocenters. The van der Waals surface area contributed by atoms with Crippen molar-refractivity contribution in [3.8, 4) is 0 Å². The van der Waals surface area contributed by atoms with E-state index in [0.29, 0.717) is 6.61 Å². The number of rotatable bonds is 3. The Morgan fingerprint density at radius 3 is 2.56 bits per heavy atom. The van der Waals surface area contributed by atoms with Crippen LogP contribution in [0.15, 0.2) is 11.3 Å². The molecular weight excluding hydrogens is 250 g/mol. The number of carbonyl (C=O) groups excluding carboxylic acids is 1. The molecule has 0 radical (unpaired) electrons. The molecule has 4 nitrogen and oxygen atoms in total. The number of ether oxygens (including phenoxy) is 2. The number of thioether (sulfide) groups is 1. The van der Waals surface area contributed by atoms with E-state index in [1.54, 1.807) is 26.0 Å². The molecule has 0 bridgehead atoms. The maximum atomic E-state index is 12.1. The maximum absolute atomic E-state index is 12.1. The molecule has 2 heterocycles. The first-order chi connectivity index (χ1) is 8.41. The van der Waals surface area contributed by atoms with Gasteiger partial charge in [0, 0.05) is 31.1 Å². The lowest BCUT2D eigenvalue weighted by Crippen LogP contribution is -2.66. The quantitative estimate of drug-likeness (QED) is 0.735. The van der Waals surface area contributed by atoms with Gasteiger partial charge in [-0.15, -0.1) is 11.8 Å². The fourth-order valence-electron chi connectivity index (χ4n) is 2.65. The van der Waals surface area contributed by atoms with Crippen molar-refractivity contribution in [3.63, 3.8) is 0 Å². The number of hydrogen-bond donors (Lipinski definition) is 0. The van der Waals surface area contributed by atoms with Crippen molar-refractivity contribution < 1.29 is 14.3 Å². The van der Waals surface area contributed by atoms with Gasteiger partial charge in [0.15, 0.2) is 6.10 Å². The van der Waals surface area contributed by atoms with Crippen molar-refractivity contribution in [1.29, 1.82) is 0 Å². The van der Waals surface area contributed by atoms with Crippen LogP contribution in [-0.4, -0.2) is 48.9 Å². The maximum Gasteiger partial charge on any atom is 0.260 e. The average Bonchev–Trinajstić information content (AvgIpc) is 2.28. The van der Waals surface area contributed by atoms with E-state index < -0.39 is 0 Å². The fourth-order valence-corrected chi connectivity index (χ4v) is 4.01. The van der Waals surface area contributed by atoms with E-state index in [1.807, 2.05) is 4.90 Å². The Kier molecular flexibility index (Phi) is 3.76. The highest BCUT2D eigenvalue weighted by Crippen LogP contribution is 2.46. The van der Waals surface area contributed by atoms with Gasteiger partial charge < -0.3 is 9.47 Å². The van der Waals surface area contributed by atoms with Crippen LogP contribution in [-0.2, 0) is 14.3 Å². The molecule has 0 aromatic rings. The highest BCUT2D eigenvalue weighted by Gasteiger charge is 2.54. The zero-order valence-electron chi connectivity index (χ0n) is 11.6. The monoisotopic (exact) mass is 271 g/mol. The van der Waals surface area contributed by atoms with Gasteiger partial charge in [-0.25, -0.2) is 0 Å². The van der Waals surface area contributed by atoms with Gasteiger partial charge in [-0.05, 0) is 5.57 Å².